The van der Waals surface area contributed by atoms with Gasteiger partial charge in [-0.05, 0) is 42.8 Å². The average Bonchev–Trinajstić information content (AvgIpc) is 2.64. The zero-order valence-corrected chi connectivity index (χ0v) is 14.0. The van der Waals surface area contributed by atoms with Gasteiger partial charge in [-0.3, -0.25) is 9.78 Å². The Hall–Kier alpha value is -2.55. The Balaban J connectivity index is 1.75. The van der Waals surface area contributed by atoms with Crippen molar-refractivity contribution in [3.63, 3.8) is 0 Å². The number of carbonyl (C=O) groups excluding carboxylic acids is 1. The van der Waals surface area contributed by atoms with Gasteiger partial charge in [0.05, 0.1) is 5.56 Å². The highest BCUT2D eigenvalue weighted by Gasteiger charge is 2.33. The van der Waals surface area contributed by atoms with Crippen molar-refractivity contribution in [3.8, 4) is 0 Å². The highest BCUT2D eigenvalue weighted by molar-refractivity contribution is 5.94. The average molecular weight is 385 g/mol. The molecule has 0 bridgehead atoms. The number of pyridine rings is 1. The lowest BCUT2D eigenvalue weighted by Gasteiger charge is -2.33. The largest absolute Gasteiger partial charge is 0.433 e. The Labute approximate surface area is 151 Å². The van der Waals surface area contributed by atoms with Crippen LogP contribution in [0.5, 0.6) is 0 Å². The van der Waals surface area contributed by atoms with Crippen molar-refractivity contribution in [2.24, 2.45) is 0 Å². The van der Waals surface area contributed by atoms with E-state index in [0.717, 1.165) is 30.5 Å². The van der Waals surface area contributed by atoms with Gasteiger partial charge in [0, 0.05) is 24.7 Å². The molecule has 2 heterocycles. The molecular formula is C18H16F5N3O. The number of alkyl halides is 3. The van der Waals surface area contributed by atoms with Crippen molar-refractivity contribution in [1.29, 1.82) is 0 Å². The van der Waals surface area contributed by atoms with Gasteiger partial charge in [-0.2, -0.15) is 13.2 Å². The van der Waals surface area contributed by atoms with Gasteiger partial charge in [0.2, 0.25) is 0 Å². The number of hydrogen-bond donors (Lipinski definition) is 2. The van der Waals surface area contributed by atoms with Crippen molar-refractivity contribution < 1.29 is 26.7 Å². The first-order valence-corrected chi connectivity index (χ1v) is 8.25. The number of amides is 1. The number of benzene rings is 1. The summed E-state index contributed by atoms with van der Waals surface area (Å²) in [5.74, 6) is -2.77. The second-order valence-electron chi connectivity index (χ2n) is 6.28. The fraction of sp³-hybridized carbons (Fsp3) is 0.333. The van der Waals surface area contributed by atoms with Gasteiger partial charge in [-0.1, -0.05) is 6.07 Å². The Kier molecular flexibility index (Phi) is 5.41. The standard InChI is InChI=1S/C18H16F5N3O/c19-13-3-1-10(7-14(13)20)12-5-6-24-9-15(12)26-17(27)11-2-4-16(25-8-11)18(21,22)23/h1-4,7-8,12,15,24H,5-6,9H2,(H,26,27). The summed E-state index contributed by atoms with van der Waals surface area (Å²) in [6.45, 7) is 1.03. The third-order valence-electron chi connectivity index (χ3n) is 4.49. The minimum Gasteiger partial charge on any atom is -0.347 e. The second kappa shape index (κ2) is 7.59. The highest BCUT2D eigenvalue weighted by atomic mass is 19.4. The summed E-state index contributed by atoms with van der Waals surface area (Å²) in [5.41, 5.74) is -0.554. The smallest absolute Gasteiger partial charge is 0.347 e. The minimum absolute atomic E-state index is 0.0161. The molecule has 9 heteroatoms. The molecule has 1 aromatic carbocycles. The SMILES string of the molecule is O=C(NC1CNCCC1c1ccc(F)c(F)c1)c1ccc(C(F)(F)F)nc1. The van der Waals surface area contributed by atoms with Gasteiger partial charge < -0.3 is 10.6 Å². The quantitative estimate of drug-likeness (QED) is 0.798. The number of halogens is 5. The van der Waals surface area contributed by atoms with Gasteiger partial charge in [-0.25, -0.2) is 8.78 Å². The molecule has 27 heavy (non-hydrogen) atoms. The molecule has 144 valence electrons. The predicted octanol–water partition coefficient (Wildman–Crippen LogP) is 3.25. The summed E-state index contributed by atoms with van der Waals surface area (Å²) in [7, 11) is 0. The number of nitrogens with one attached hydrogen (secondary N) is 2. The molecule has 0 radical (unpaired) electrons. The van der Waals surface area contributed by atoms with E-state index in [2.05, 4.69) is 15.6 Å². The van der Waals surface area contributed by atoms with Crippen LogP contribution in [0, 0.1) is 11.6 Å². The highest BCUT2D eigenvalue weighted by Crippen LogP contribution is 2.28. The number of hydrogen-bond acceptors (Lipinski definition) is 3. The van der Waals surface area contributed by atoms with Crippen molar-refractivity contribution in [2.45, 2.75) is 24.6 Å². The Morgan fingerprint density at radius 1 is 1.15 bits per heavy atom. The van der Waals surface area contributed by atoms with Crippen LogP contribution in [0.1, 0.15) is 34.0 Å². The van der Waals surface area contributed by atoms with E-state index in [0.29, 0.717) is 25.1 Å². The Bertz CT molecular complexity index is 823. The van der Waals surface area contributed by atoms with Gasteiger partial charge in [0.1, 0.15) is 5.69 Å². The van der Waals surface area contributed by atoms with Gasteiger partial charge >= 0.3 is 6.18 Å². The molecule has 2 aromatic rings. The molecule has 0 spiro atoms. The van der Waals surface area contributed by atoms with Crippen LogP contribution >= 0.6 is 0 Å². The number of piperidine rings is 1. The molecule has 1 aliphatic rings. The maximum atomic E-state index is 13.5. The number of carbonyl (C=O) groups is 1. The normalized spacial score (nSPS) is 20.3. The number of rotatable bonds is 3. The van der Waals surface area contributed by atoms with Gasteiger partial charge in [-0.15, -0.1) is 0 Å². The van der Waals surface area contributed by atoms with E-state index in [4.69, 9.17) is 0 Å². The van der Waals surface area contributed by atoms with Crippen LogP contribution in [0.2, 0.25) is 0 Å². The van der Waals surface area contributed by atoms with Crippen molar-refractivity contribution >= 4 is 5.91 Å². The topological polar surface area (TPSA) is 54.0 Å². The third kappa shape index (κ3) is 4.41. The van der Waals surface area contributed by atoms with Crippen LogP contribution in [0.4, 0.5) is 22.0 Å². The molecular weight excluding hydrogens is 369 g/mol. The molecule has 4 nitrogen and oxygen atoms in total. The number of nitrogens with zero attached hydrogens (tertiary/aromatic N) is 1. The Morgan fingerprint density at radius 3 is 2.56 bits per heavy atom. The van der Waals surface area contributed by atoms with E-state index in [9.17, 15) is 26.7 Å². The number of aromatic nitrogens is 1. The molecule has 1 aliphatic heterocycles. The first-order valence-electron chi connectivity index (χ1n) is 8.25. The zero-order valence-electron chi connectivity index (χ0n) is 14.0. The van der Waals surface area contributed by atoms with Crippen LogP contribution in [0.15, 0.2) is 36.5 Å². The fourth-order valence-corrected chi connectivity index (χ4v) is 3.10. The minimum atomic E-state index is -4.58. The molecule has 0 aliphatic carbocycles. The van der Waals surface area contributed by atoms with Crippen molar-refractivity contribution in [3.05, 3.63) is 65.0 Å². The molecule has 1 fully saturated rings. The van der Waals surface area contributed by atoms with E-state index in [1.165, 1.54) is 6.07 Å². The third-order valence-corrected chi connectivity index (χ3v) is 4.49. The van der Waals surface area contributed by atoms with Gasteiger partial charge in [0.15, 0.2) is 11.6 Å². The monoisotopic (exact) mass is 385 g/mol. The van der Waals surface area contributed by atoms with Gasteiger partial charge in [0.25, 0.3) is 5.91 Å². The first-order chi connectivity index (χ1) is 12.8. The molecule has 2 N–H and O–H groups in total. The lowest BCUT2D eigenvalue weighted by Crippen LogP contribution is -2.50. The predicted molar refractivity (Wildman–Crippen MR) is 87.1 cm³/mol. The second-order valence-corrected chi connectivity index (χ2v) is 6.28. The first kappa shape index (κ1) is 19.2. The van der Waals surface area contributed by atoms with Crippen LogP contribution in [0.3, 0.4) is 0 Å². The molecule has 3 rings (SSSR count). The molecule has 1 aromatic heterocycles. The summed E-state index contributed by atoms with van der Waals surface area (Å²) >= 11 is 0. The lowest BCUT2D eigenvalue weighted by atomic mass is 9.86. The zero-order chi connectivity index (χ0) is 19.6. The molecule has 1 saturated heterocycles. The van der Waals surface area contributed by atoms with E-state index in [-0.39, 0.29) is 11.5 Å². The van der Waals surface area contributed by atoms with Crippen LogP contribution < -0.4 is 10.6 Å². The summed E-state index contributed by atoms with van der Waals surface area (Å²) in [6.07, 6.45) is -3.14. The van der Waals surface area contributed by atoms with Crippen LogP contribution in [-0.4, -0.2) is 30.0 Å². The molecule has 1 amide bonds. The van der Waals surface area contributed by atoms with E-state index >= 15 is 0 Å². The Morgan fingerprint density at radius 2 is 1.93 bits per heavy atom. The summed E-state index contributed by atoms with van der Waals surface area (Å²) in [4.78, 5) is 15.6. The maximum Gasteiger partial charge on any atom is 0.433 e. The molecule has 2 atom stereocenters. The van der Waals surface area contributed by atoms with Crippen molar-refractivity contribution in [2.75, 3.05) is 13.1 Å². The maximum absolute atomic E-state index is 13.5. The fourth-order valence-electron chi connectivity index (χ4n) is 3.10. The van der Waals surface area contributed by atoms with Crippen LogP contribution in [-0.2, 0) is 6.18 Å². The van der Waals surface area contributed by atoms with Crippen LogP contribution in [0.25, 0.3) is 0 Å². The summed E-state index contributed by atoms with van der Waals surface area (Å²) < 4.78 is 64.4. The van der Waals surface area contributed by atoms with E-state index in [1.54, 1.807) is 0 Å². The summed E-state index contributed by atoms with van der Waals surface area (Å²) in [6, 6.07) is 4.95. The molecule has 0 saturated carbocycles. The molecule has 2 unspecified atom stereocenters. The lowest BCUT2D eigenvalue weighted by molar-refractivity contribution is -0.141. The van der Waals surface area contributed by atoms with E-state index < -0.39 is 35.5 Å². The van der Waals surface area contributed by atoms with Crippen molar-refractivity contribution in [1.82, 2.24) is 15.6 Å². The van der Waals surface area contributed by atoms with E-state index in [1.807, 2.05) is 0 Å². The summed E-state index contributed by atoms with van der Waals surface area (Å²) in [5, 5.41) is 5.84.